The van der Waals surface area contributed by atoms with Gasteiger partial charge in [-0.1, -0.05) is 0 Å². The van der Waals surface area contributed by atoms with E-state index in [4.69, 9.17) is 4.74 Å². The molecule has 3 rings (SSSR count). The van der Waals surface area contributed by atoms with E-state index in [0.29, 0.717) is 5.88 Å². The smallest absolute Gasteiger partial charge is 0.237 e. The van der Waals surface area contributed by atoms with Crippen LogP contribution >= 0.6 is 38.6 Å². The number of nitrogens with one attached hydrogen (secondary N) is 1. The summed E-state index contributed by atoms with van der Waals surface area (Å²) in [6.45, 7) is 1.70. The number of halogens is 1. The van der Waals surface area contributed by atoms with Gasteiger partial charge < -0.3 is 10.1 Å². The van der Waals surface area contributed by atoms with Crippen LogP contribution in [0.25, 0.3) is 4.96 Å². The highest BCUT2D eigenvalue weighted by atomic mass is 79.9. The zero-order chi connectivity index (χ0) is 13.9. The van der Waals surface area contributed by atoms with E-state index in [9.17, 15) is 0 Å². The first-order valence-corrected chi connectivity index (χ1v) is 8.70. The van der Waals surface area contributed by atoms with Gasteiger partial charge in [-0.15, -0.1) is 22.7 Å². The molecule has 0 amide bonds. The second-order valence-electron chi connectivity index (χ2n) is 4.26. The highest BCUT2D eigenvalue weighted by molar-refractivity contribution is 9.11. The summed E-state index contributed by atoms with van der Waals surface area (Å²) in [4.78, 5) is 6.80. The number of thiophene rings is 1. The molecule has 0 bridgehead atoms. The number of fused-ring (bicyclic) bond motifs is 1. The molecule has 0 aliphatic heterocycles. The first kappa shape index (κ1) is 14.1. The van der Waals surface area contributed by atoms with Gasteiger partial charge in [0.1, 0.15) is 5.69 Å². The van der Waals surface area contributed by atoms with Crippen molar-refractivity contribution in [3.63, 3.8) is 0 Å². The van der Waals surface area contributed by atoms with E-state index in [-0.39, 0.29) is 0 Å². The molecule has 7 heteroatoms. The maximum atomic E-state index is 5.34. The zero-order valence-corrected chi connectivity index (χ0v) is 14.1. The molecule has 20 heavy (non-hydrogen) atoms. The quantitative estimate of drug-likeness (QED) is 0.673. The molecule has 3 aromatic heterocycles. The summed E-state index contributed by atoms with van der Waals surface area (Å²) in [5.41, 5.74) is 1.08. The van der Waals surface area contributed by atoms with Gasteiger partial charge in [-0.2, -0.15) is 4.98 Å². The second kappa shape index (κ2) is 6.26. The van der Waals surface area contributed by atoms with Gasteiger partial charge in [-0.3, -0.25) is 4.40 Å². The van der Waals surface area contributed by atoms with Crippen LogP contribution in [-0.2, 0) is 13.0 Å². The molecule has 0 fully saturated rings. The maximum absolute atomic E-state index is 5.34. The van der Waals surface area contributed by atoms with Crippen molar-refractivity contribution in [1.82, 2.24) is 14.7 Å². The Morgan fingerprint density at radius 3 is 3.10 bits per heavy atom. The molecule has 0 aliphatic carbocycles. The fourth-order valence-corrected chi connectivity index (χ4v) is 4.25. The van der Waals surface area contributed by atoms with Gasteiger partial charge in [0.15, 0.2) is 4.96 Å². The highest BCUT2D eigenvalue weighted by Gasteiger charge is 2.12. The van der Waals surface area contributed by atoms with Gasteiger partial charge >= 0.3 is 0 Å². The predicted molar refractivity (Wildman–Crippen MR) is 87.1 cm³/mol. The summed E-state index contributed by atoms with van der Waals surface area (Å²) in [7, 11) is 1.67. The monoisotopic (exact) mass is 371 g/mol. The minimum Gasteiger partial charge on any atom is -0.480 e. The van der Waals surface area contributed by atoms with Crippen LogP contribution in [0.1, 0.15) is 10.6 Å². The maximum Gasteiger partial charge on any atom is 0.237 e. The molecule has 1 N–H and O–H groups in total. The van der Waals surface area contributed by atoms with E-state index in [1.54, 1.807) is 29.8 Å². The van der Waals surface area contributed by atoms with E-state index in [1.807, 2.05) is 11.6 Å². The van der Waals surface area contributed by atoms with E-state index in [0.717, 1.165) is 30.2 Å². The van der Waals surface area contributed by atoms with Gasteiger partial charge in [0.05, 0.1) is 10.9 Å². The largest absolute Gasteiger partial charge is 0.480 e. The summed E-state index contributed by atoms with van der Waals surface area (Å²) < 4.78 is 8.60. The molecule has 0 aliphatic rings. The number of hydrogen-bond acceptors (Lipinski definition) is 5. The third-order valence-corrected chi connectivity index (χ3v) is 5.43. The Labute approximate surface area is 133 Å². The Bertz CT molecular complexity index is 703. The Morgan fingerprint density at radius 1 is 1.45 bits per heavy atom. The molecule has 3 aromatic rings. The number of hydrogen-bond donors (Lipinski definition) is 1. The summed E-state index contributed by atoms with van der Waals surface area (Å²) in [5.74, 6) is 0.711. The summed E-state index contributed by atoms with van der Waals surface area (Å²) in [5, 5.41) is 5.49. The van der Waals surface area contributed by atoms with Crippen molar-refractivity contribution in [1.29, 1.82) is 0 Å². The molecular formula is C13H14BrN3OS2. The molecule has 0 unspecified atom stereocenters. The van der Waals surface area contributed by atoms with Crippen LogP contribution in [0, 0.1) is 0 Å². The Kier molecular flexibility index (Phi) is 4.40. The minimum absolute atomic E-state index is 0.711. The van der Waals surface area contributed by atoms with Gasteiger partial charge in [0, 0.05) is 29.5 Å². The molecule has 0 aromatic carbocycles. The minimum atomic E-state index is 0.711. The average molecular weight is 372 g/mol. The summed E-state index contributed by atoms with van der Waals surface area (Å²) >= 11 is 6.89. The SMILES string of the molecule is COc1nc2sccn2c1CNCCc1ccc(Br)s1. The van der Waals surface area contributed by atoms with E-state index in [1.165, 1.54) is 8.66 Å². The number of aromatic nitrogens is 2. The van der Waals surface area contributed by atoms with E-state index >= 15 is 0 Å². The Morgan fingerprint density at radius 2 is 2.35 bits per heavy atom. The summed E-state index contributed by atoms with van der Waals surface area (Å²) in [6, 6.07) is 4.25. The first-order chi connectivity index (χ1) is 9.78. The van der Waals surface area contributed by atoms with Crippen LogP contribution in [-0.4, -0.2) is 23.0 Å². The number of rotatable bonds is 6. The predicted octanol–water partition coefficient (Wildman–Crippen LogP) is 3.56. The molecule has 0 spiro atoms. The van der Waals surface area contributed by atoms with Gasteiger partial charge in [-0.05, 0) is 34.5 Å². The molecule has 106 valence electrons. The van der Waals surface area contributed by atoms with Crippen molar-refractivity contribution in [2.24, 2.45) is 0 Å². The van der Waals surface area contributed by atoms with E-state index in [2.05, 4.69) is 42.8 Å². The van der Waals surface area contributed by atoms with Crippen LogP contribution < -0.4 is 10.1 Å². The lowest BCUT2D eigenvalue weighted by molar-refractivity contribution is 0.393. The topological polar surface area (TPSA) is 38.6 Å². The van der Waals surface area contributed by atoms with Crippen LogP contribution in [0.4, 0.5) is 0 Å². The highest BCUT2D eigenvalue weighted by Crippen LogP contribution is 2.23. The average Bonchev–Trinajstić information content (AvgIpc) is 3.11. The Hall–Kier alpha value is -0.890. The third-order valence-electron chi connectivity index (χ3n) is 2.99. The van der Waals surface area contributed by atoms with Crippen molar-refractivity contribution in [3.05, 3.63) is 38.1 Å². The Balaban J connectivity index is 1.60. The van der Waals surface area contributed by atoms with Crippen molar-refractivity contribution in [3.8, 4) is 5.88 Å². The molecule has 4 nitrogen and oxygen atoms in total. The third kappa shape index (κ3) is 2.90. The number of ether oxygens (including phenoxy) is 1. The summed E-state index contributed by atoms with van der Waals surface area (Å²) in [6.07, 6.45) is 3.06. The lowest BCUT2D eigenvalue weighted by Gasteiger charge is -2.05. The second-order valence-corrected chi connectivity index (χ2v) is 7.68. The van der Waals surface area contributed by atoms with Crippen molar-refractivity contribution in [2.75, 3.05) is 13.7 Å². The number of nitrogens with zero attached hydrogens (tertiary/aromatic N) is 2. The van der Waals surface area contributed by atoms with Crippen LogP contribution in [0.5, 0.6) is 5.88 Å². The molecule has 0 atom stereocenters. The van der Waals surface area contributed by atoms with Gasteiger partial charge in [-0.25, -0.2) is 0 Å². The molecular weight excluding hydrogens is 358 g/mol. The normalized spacial score (nSPS) is 11.3. The fourth-order valence-electron chi connectivity index (χ4n) is 2.04. The molecule has 0 saturated carbocycles. The number of imidazole rings is 1. The first-order valence-electron chi connectivity index (χ1n) is 6.21. The van der Waals surface area contributed by atoms with Crippen molar-refractivity contribution >= 4 is 43.6 Å². The van der Waals surface area contributed by atoms with Crippen molar-refractivity contribution in [2.45, 2.75) is 13.0 Å². The van der Waals surface area contributed by atoms with Crippen LogP contribution in [0.2, 0.25) is 0 Å². The van der Waals surface area contributed by atoms with Gasteiger partial charge in [0.25, 0.3) is 0 Å². The number of thiazole rings is 1. The fraction of sp³-hybridized carbons (Fsp3) is 0.308. The van der Waals surface area contributed by atoms with E-state index < -0.39 is 0 Å². The van der Waals surface area contributed by atoms with Crippen LogP contribution in [0.15, 0.2) is 27.5 Å². The standard InChI is InChI=1S/C13H14BrN3OS2/c1-18-12-10(17-6-7-19-13(17)16-12)8-15-5-4-9-2-3-11(14)20-9/h2-3,6-7,15H,4-5,8H2,1H3. The molecule has 0 saturated heterocycles. The van der Waals surface area contributed by atoms with Crippen molar-refractivity contribution < 1.29 is 4.74 Å². The molecule has 0 radical (unpaired) electrons. The number of methoxy groups -OCH3 is 1. The zero-order valence-electron chi connectivity index (χ0n) is 10.9. The van der Waals surface area contributed by atoms with Crippen LogP contribution in [0.3, 0.4) is 0 Å². The van der Waals surface area contributed by atoms with Gasteiger partial charge in [0.2, 0.25) is 5.88 Å². The lowest BCUT2D eigenvalue weighted by Crippen LogP contribution is -2.17. The lowest BCUT2D eigenvalue weighted by atomic mass is 10.3. The molecule has 3 heterocycles.